The zero-order valence-electron chi connectivity index (χ0n) is 12.3. The number of piperazine rings is 1. The fourth-order valence-electron chi connectivity index (χ4n) is 2.42. The van der Waals surface area contributed by atoms with Gasteiger partial charge in [0.2, 0.25) is 0 Å². The Morgan fingerprint density at radius 3 is 2.57 bits per heavy atom. The fourth-order valence-corrected chi connectivity index (χ4v) is 2.42. The second kappa shape index (κ2) is 7.22. The van der Waals surface area contributed by atoms with Crippen molar-refractivity contribution < 1.29 is 13.9 Å². The van der Waals surface area contributed by atoms with Crippen molar-refractivity contribution in [2.24, 2.45) is 0 Å². The number of ether oxygens (including phenoxy) is 1. The van der Waals surface area contributed by atoms with Gasteiger partial charge in [-0.15, -0.1) is 0 Å². The summed E-state index contributed by atoms with van der Waals surface area (Å²) in [6.07, 6.45) is 0. The highest BCUT2D eigenvalue weighted by Crippen LogP contribution is 2.20. The maximum atomic E-state index is 13.7. The molecule has 0 spiro atoms. The molecule has 0 amide bonds. The van der Waals surface area contributed by atoms with Crippen LogP contribution in [0, 0.1) is 5.82 Å². The van der Waals surface area contributed by atoms with Crippen LogP contribution in [0.25, 0.3) is 0 Å². The largest absolute Gasteiger partial charge is 0.463 e. The Hall–Kier alpha value is -1.88. The van der Waals surface area contributed by atoms with E-state index in [1.807, 2.05) is 11.0 Å². The molecule has 114 valence electrons. The summed E-state index contributed by atoms with van der Waals surface area (Å²) in [5, 5.41) is 0. The van der Waals surface area contributed by atoms with Gasteiger partial charge in [-0.25, -0.2) is 9.18 Å². The Morgan fingerprint density at radius 1 is 1.29 bits per heavy atom. The first-order valence-corrected chi connectivity index (χ1v) is 7.18. The molecule has 0 aromatic heterocycles. The average molecular weight is 292 g/mol. The van der Waals surface area contributed by atoms with E-state index in [1.165, 1.54) is 6.07 Å². The molecule has 4 nitrogen and oxygen atoms in total. The van der Waals surface area contributed by atoms with Crippen LogP contribution in [0.15, 0.2) is 36.4 Å². The number of benzene rings is 1. The summed E-state index contributed by atoms with van der Waals surface area (Å²) in [4.78, 5) is 15.7. The molecule has 0 radical (unpaired) electrons. The van der Waals surface area contributed by atoms with Crippen LogP contribution in [-0.4, -0.2) is 50.2 Å². The molecule has 1 fully saturated rings. The van der Waals surface area contributed by atoms with Crippen molar-refractivity contribution in [3.63, 3.8) is 0 Å². The topological polar surface area (TPSA) is 32.8 Å². The summed E-state index contributed by atoms with van der Waals surface area (Å²) in [5.41, 5.74) is 1.11. The molecule has 2 rings (SSSR count). The summed E-state index contributed by atoms with van der Waals surface area (Å²) in [5.74, 6) is -0.532. The van der Waals surface area contributed by atoms with Crippen LogP contribution in [0.4, 0.5) is 10.1 Å². The number of anilines is 1. The highest BCUT2D eigenvalue weighted by Gasteiger charge is 2.21. The number of esters is 1. The fraction of sp³-hybridized carbons (Fsp3) is 0.438. The number of hydrogen-bond acceptors (Lipinski definition) is 4. The molecular weight excluding hydrogens is 271 g/mol. The Morgan fingerprint density at radius 2 is 1.95 bits per heavy atom. The van der Waals surface area contributed by atoms with Gasteiger partial charge < -0.3 is 9.64 Å². The smallest absolute Gasteiger partial charge is 0.334 e. The summed E-state index contributed by atoms with van der Waals surface area (Å²) in [6, 6.07) is 6.80. The van der Waals surface area contributed by atoms with Crippen molar-refractivity contribution >= 4 is 11.7 Å². The van der Waals surface area contributed by atoms with E-state index in [4.69, 9.17) is 4.74 Å². The van der Waals surface area contributed by atoms with Crippen molar-refractivity contribution in [2.75, 3.05) is 44.2 Å². The molecule has 0 bridgehead atoms. The molecule has 0 aliphatic carbocycles. The highest BCUT2D eigenvalue weighted by atomic mass is 19.1. The number of halogens is 1. The van der Waals surface area contributed by atoms with Crippen LogP contribution in [0.1, 0.15) is 6.92 Å². The van der Waals surface area contributed by atoms with Gasteiger partial charge in [0.25, 0.3) is 0 Å². The van der Waals surface area contributed by atoms with E-state index in [0.29, 0.717) is 24.4 Å². The third kappa shape index (κ3) is 4.04. The van der Waals surface area contributed by atoms with Gasteiger partial charge in [-0.2, -0.15) is 0 Å². The van der Waals surface area contributed by atoms with E-state index in [9.17, 15) is 9.18 Å². The van der Waals surface area contributed by atoms with Gasteiger partial charge in [0, 0.05) is 38.3 Å². The van der Waals surface area contributed by atoms with Crippen LogP contribution in [0.3, 0.4) is 0 Å². The van der Waals surface area contributed by atoms with Crippen molar-refractivity contribution in [1.82, 2.24) is 4.90 Å². The molecule has 1 aromatic carbocycles. The third-order valence-corrected chi connectivity index (χ3v) is 3.54. The Balaban J connectivity index is 1.85. The third-order valence-electron chi connectivity index (χ3n) is 3.54. The van der Waals surface area contributed by atoms with Gasteiger partial charge in [0.05, 0.1) is 12.3 Å². The summed E-state index contributed by atoms with van der Waals surface area (Å²) < 4.78 is 18.7. The maximum Gasteiger partial charge on any atom is 0.334 e. The van der Waals surface area contributed by atoms with Crippen molar-refractivity contribution in [1.29, 1.82) is 0 Å². The minimum Gasteiger partial charge on any atom is -0.463 e. The SMILES string of the molecule is C=C(CN1CCN(c2ccccc2F)CC1)C(=O)OCC. The van der Waals surface area contributed by atoms with Crippen molar-refractivity contribution in [3.8, 4) is 0 Å². The first kappa shape index (κ1) is 15.5. The molecule has 1 saturated heterocycles. The molecule has 1 heterocycles. The lowest BCUT2D eigenvalue weighted by molar-refractivity contribution is -0.138. The summed E-state index contributed by atoms with van der Waals surface area (Å²) in [7, 11) is 0. The number of nitrogens with zero attached hydrogens (tertiary/aromatic N) is 2. The number of hydrogen-bond donors (Lipinski definition) is 0. The minimum atomic E-state index is -0.339. The number of para-hydroxylation sites is 1. The minimum absolute atomic E-state index is 0.193. The monoisotopic (exact) mass is 292 g/mol. The average Bonchev–Trinajstić information content (AvgIpc) is 2.49. The van der Waals surface area contributed by atoms with Crippen LogP contribution >= 0.6 is 0 Å². The predicted molar refractivity (Wildman–Crippen MR) is 80.8 cm³/mol. The van der Waals surface area contributed by atoms with E-state index < -0.39 is 0 Å². The van der Waals surface area contributed by atoms with E-state index in [2.05, 4.69) is 11.5 Å². The number of carbonyl (C=O) groups is 1. The van der Waals surface area contributed by atoms with E-state index in [-0.39, 0.29) is 11.8 Å². The molecule has 5 heteroatoms. The standard InChI is InChI=1S/C16H21FN2O2/c1-3-21-16(20)13(2)12-18-8-10-19(11-9-18)15-7-5-4-6-14(15)17/h4-7H,2-3,8-12H2,1H3. The molecular formula is C16H21FN2O2. The number of rotatable bonds is 5. The van der Waals surface area contributed by atoms with Gasteiger partial charge in [-0.3, -0.25) is 4.90 Å². The molecule has 1 aliphatic heterocycles. The zero-order chi connectivity index (χ0) is 15.2. The lowest BCUT2D eigenvalue weighted by Gasteiger charge is -2.36. The molecule has 1 aromatic rings. The second-order valence-electron chi connectivity index (χ2n) is 5.04. The molecule has 0 unspecified atom stereocenters. The first-order valence-electron chi connectivity index (χ1n) is 7.18. The Labute approximate surface area is 124 Å². The lowest BCUT2D eigenvalue weighted by Crippen LogP contribution is -2.47. The van der Waals surface area contributed by atoms with Gasteiger partial charge >= 0.3 is 5.97 Å². The predicted octanol–water partition coefficient (Wildman–Crippen LogP) is 2.07. The van der Waals surface area contributed by atoms with E-state index in [1.54, 1.807) is 19.1 Å². The molecule has 0 saturated carbocycles. The first-order chi connectivity index (χ1) is 10.1. The van der Waals surface area contributed by atoms with Crippen LogP contribution < -0.4 is 4.90 Å². The second-order valence-corrected chi connectivity index (χ2v) is 5.04. The summed E-state index contributed by atoms with van der Waals surface area (Å²) in [6.45, 7) is 9.42. The van der Waals surface area contributed by atoms with Gasteiger partial charge in [0.15, 0.2) is 0 Å². The normalized spacial score (nSPS) is 15.8. The molecule has 1 aliphatic rings. The molecule has 21 heavy (non-hydrogen) atoms. The number of carbonyl (C=O) groups excluding carboxylic acids is 1. The van der Waals surface area contributed by atoms with Gasteiger partial charge in [-0.1, -0.05) is 18.7 Å². The lowest BCUT2D eigenvalue weighted by atomic mass is 10.2. The van der Waals surface area contributed by atoms with Crippen LogP contribution in [-0.2, 0) is 9.53 Å². The van der Waals surface area contributed by atoms with Crippen LogP contribution in [0.2, 0.25) is 0 Å². The Bertz CT molecular complexity index is 511. The van der Waals surface area contributed by atoms with Crippen molar-refractivity contribution in [2.45, 2.75) is 6.92 Å². The van der Waals surface area contributed by atoms with Gasteiger partial charge in [-0.05, 0) is 19.1 Å². The Kier molecular flexibility index (Phi) is 5.33. The molecule has 0 N–H and O–H groups in total. The van der Waals surface area contributed by atoms with E-state index in [0.717, 1.165) is 26.2 Å². The summed E-state index contributed by atoms with van der Waals surface area (Å²) >= 11 is 0. The zero-order valence-corrected chi connectivity index (χ0v) is 12.3. The van der Waals surface area contributed by atoms with Crippen LogP contribution in [0.5, 0.6) is 0 Å². The quantitative estimate of drug-likeness (QED) is 0.614. The van der Waals surface area contributed by atoms with Gasteiger partial charge in [0.1, 0.15) is 5.82 Å². The highest BCUT2D eigenvalue weighted by molar-refractivity contribution is 5.88. The molecule has 0 atom stereocenters. The van der Waals surface area contributed by atoms with Crippen molar-refractivity contribution in [3.05, 3.63) is 42.2 Å². The van der Waals surface area contributed by atoms with E-state index >= 15 is 0 Å². The maximum absolute atomic E-state index is 13.7.